The molecule has 0 saturated heterocycles. The van der Waals surface area contributed by atoms with Crippen molar-refractivity contribution < 1.29 is 5.11 Å². The van der Waals surface area contributed by atoms with Crippen molar-refractivity contribution in [1.82, 2.24) is 0 Å². The maximum atomic E-state index is 9.70. The molecule has 3 nitrogen and oxygen atoms in total. The fourth-order valence-corrected chi connectivity index (χ4v) is 1.33. The highest BCUT2D eigenvalue weighted by atomic mass is 16.3. The number of aromatic hydroxyl groups is 1. The summed E-state index contributed by atoms with van der Waals surface area (Å²) in [4.78, 5) is 1.96. The zero-order chi connectivity index (χ0) is 10.6. The van der Waals surface area contributed by atoms with Gasteiger partial charge in [-0.3, -0.25) is 0 Å². The SMILES string of the molecule is CN(C)c1ccc(CCCN)c(O)c1. The van der Waals surface area contributed by atoms with E-state index in [1.807, 2.05) is 31.1 Å². The fourth-order valence-electron chi connectivity index (χ4n) is 1.33. The van der Waals surface area contributed by atoms with Crippen LogP contribution in [-0.2, 0) is 6.42 Å². The minimum absolute atomic E-state index is 0.365. The Labute approximate surface area is 85.2 Å². The molecule has 1 rings (SSSR count). The zero-order valence-electron chi connectivity index (χ0n) is 8.83. The molecule has 0 fully saturated rings. The molecule has 0 aromatic heterocycles. The van der Waals surface area contributed by atoms with E-state index in [2.05, 4.69) is 0 Å². The second-order valence-electron chi connectivity index (χ2n) is 3.60. The highest BCUT2D eigenvalue weighted by molar-refractivity contribution is 5.52. The normalized spacial score (nSPS) is 10.2. The van der Waals surface area contributed by atoms with Gasteiger partial charge in [-0.05, 0) is 31.0 Å². The summed E-state index contributed by atoms with van der Waals surface area (Å²) >= 11 is 0. The lowest BCUT2D eigenvalue weighted by Crippen LogP contribution is -2.08. The molecule has 0 spiro atoms. The van der Waals surface area contributed by atoms with E-state index in [9.17, 15) is 5.11 Å². The Kier molecular flexibility index (Phi) is 3.77. The van der Waals surface area contributed by atoms with Gasteiger partial charge >= 0.3 is 0 Å². The Morgan fingerprint density at radius 1 is 1.36 bits per heavy atom. The number of anilines is 1. The van der Waals surface area contributed by atoms with Gasteiger partial charge in [0.25, 0.3) is 0 Å². The minimum Gasteiger partial charge on any atom is -0.508 e. The first-order valence-electron chi connectivity index (χ1n) is 4.84. The van der Waals surface area contributed by atoms with Crippen LogP contribution in [-0.4, -0.2) is 25.7 Å². The molecule has 1 aromatic carbocycles. The summed E-state index contributed by atoms with van der Waals surface area (Å²) in [6, 6.07) is 5.75. The van der Waals surface area contributed by atoms with E-state index in [1.165, 1.54) is 0 Å². The Morgan fingerprint density at radius 2 is 2.07 bits per heavy atom. The van der Waals surface area contributed by atoms with Crippen LogP contribution in [0.4, 0.5) is 5.69 Å². The lowest BCUT2D eigenvalue weighted by Gasteiger charge is -2.14. The first-order chi connectivity index (χ1) is 6.65. The van der Waals surface area contributed by atoms with E-state index >= 15 is 0 Å². The second kappa shape index (κ2) is 4.86. The smallest absolute Gasteiger partial charge is 0.120 e. The Hall–Kier alpha value is -1.22. The van der Waals surface area contributed by atoms with Crippen molar-refractivity contribution in [3.63, 3.8) is 0 Å². The quantitative estimate of drug-likeness (QED) is 0.760. The predicted octanol–water partition coefficient (Wildman–Crippen LogP) is 1.35. The van der Waals surface area contributed by atoms with E-state index in [0.29, 0.717) is 12.3 Å². The van der Waals surface area contributed by atoms with Gasteiger partial charge in [0.15, 0.2) is 0 Å². The fraction of sp³-hybridized carbons (Fsp3) is 0.455. The highest BCUT2D eigenvalue weighted by Gasteiger charge is 2.03. The lowest BCUT2D eigenvalue weighted by atomic mass is 10.1. The topological polar surface area (TPSA) is 49.5 Å². The number of nitrogens with zero attached hydrogens (tertiary/aromatic N) is 1. The van der Waals surface area contributed by atoms with E-state index in [-0.39, 0.29) is 0 Å². The summed E-state index contributed by atoms with van der Waals surface area (Å²) in [7, 11) is 3.91. The average Bonchev–Trinajstić information content (AvgIpc) is 2.15. The van der Waals surface area contributed by atoms with Crippen LogP contribution in [0.2, 0.25) is 0 Å². The molecule has 3 N–H and O–H groups in total. The molecule has 0 aliphatic carbocycles. The van der Waals surface area contributed by atoms with Crippen molar-refractivity contribution in [1.29, 1.82) is 0 Å². The first kappa shape index (κ1) is 10.9. The van der Waals surface area contributed by atoms with Gasteiger partial charge in [0.1, 0.15) is 5.75 Å². The lowest BCUT2D eigenvalue weighted by molar-refractivity contribution is 0.467. The van der Waals surface area contributed by atoms with Crippen LogP contribution in [0.1, 0.15) is 12.0 Å². The number of benzene rings is 1. The summed E-state index contributed by atoms with van der Waals surface area (Å²) in [5.41, 5.74) is 7.40. The van der Waals surface area contributed by atoms with Gasteiger partial charge in [0, 0.05) is 25.8 Å². The van der Waals surface area contributed by atoms with E-state index in [1.54, 1.807) is 6.07 Å². The molecule has 0 aliphatic rings. The summed E-state index contributed by atoms with van der Waals surface area (Å²) in [5, 5.41) is 9.70. The molecule has 0 atom stereocenters. The van der Waals surface area contributed by atoms with Crippen molar-refractivity contribution in [2.24, 2.45) is 5.73 Å². The van der Waals surface area contributed by atoms with E-state index < -0.39 is 0 Å². The monoisotopic (exact) mass is 194 g/mol. The van der Waals surface area contributed by atoms with Gasteiger partial charge in [-0.15, -0.1) is 0 Å². The van der Waals surface area contributed by atoms with Crippen LogP contribution in [0.5, 0.6) is 5.75 Å². The van der Waals surface area contributed by atoms with Gasteiger partial charge in [0.05, 0.1) is 0 Å². The number of hydrogen-bond donors (Lipinski definition) is 2. The van der Waals surface area contributed by atoms with Gasteiger partial charge in [0.2, 0.25) is 0 Å². The van der Waals surface area contributed by atoms with Gasteiger partial charge in [-0.1, -0.05) is 6.07 Å². The molecule has 14 heavy (non-hydrogen) atoms. The average molecular weight is 194 g/mol. The Bertz CT molecular complexity index is 297. The van der Waals surface area contributed by atoms with Gasteiger partial charge < -0.3 is 15.7 Å². The highest BCUT2D eigenvalue weighted by Crippen LogP contribution is 2.24. The number of aryl methyl sites for hydroxylation is 1. The molecule has 0 aliphatic heterocycles. The van der Waals surface area contributed by atoms with Crippen LogP contribution in [0, 0.1) is 0 Å². The third-order valence-corrected chi connectivity index (χ3v) is 2.24. The van der Waals surface area contributed by atoms with Crippen LogP contribution in [0.25, 0.3) is 0 Å². The standard InChI is InChI=1S/C11H18N2O/c1-13(2)10-6-5-9(4-3-7-12)11(14)8-10/h5-6,8,14H,3-4,7,12H2,1-2H3. The van der Waals surface area contributed by atoms with Gasteiger partial charge in [-0.2, -0.15) is 0 Å². The Balaban J connectivity index is 2.79. The maximum absolute atomic E-state index is 9.70. The van der Waals surface area contributed by atoms with Crippen molar-refractivity contribution in [3.8, 4) is 5.75 Å². The largest absolute Gasteiger partial charge is 0.508 e. The summed E-state index contributed by atoms with van der Waals surface area (Å²) < 4.78 is 0. The molecule has 0 saturated carbocycles. The third-order valence-electron chi connectivity index (χ3n) is 2.24. The van der Waals surface area contributed by atoms with Crippen molar-refractivity contribution in [2.75, 3.05) is 25.5 Å². The molecular weight excluding hydrogens is 176 g/mol. The summed E-state index contributed by atoms with van der Waals surface area (Å²) in [6.07, 6.45) is 1.75. The Morgan fingerprint density at radius 3 is 2.57 bits per heavy atom. The molecule has 0 amide bonds. The summed E-state index contributed by atoms with van der Waals surface area (Å²) in [6.45, 7) is 0.662. The predicted molar refractivity (Wildman–Crippen MR) is 59.8 cm³/mol. The molecular formula is C11H18N2O. The number of hydrogen-bond acceptors (Lipinski definition) is 3. The van der Waals surface area contributed by atoms with Gasteiger partial charge in [-0.25, -0.2) is 0 Å². The van der Waals surface area contributed by atoms with E-state index in [0.717, 1.165) is 24.1 Å². The molecule has 78 valence electrons. The van der Waals surface area contributed by atoms with Crippen molar-refractivity contribution in [3.05, 3.63) is 23.8 Å². The molecule has 1 aromatic rings. The van der Waals surface area contributed by atoms with Crippen molar-refractivity contribution >= 4 is 5.69 Å². The zero-order valence-corrected chi connectivity index (χ0v) is 8.83. The summed E-state index contributed by atoms with van der Waals surface area (Å²) in [5.74, 6) is 0.365. The number of phenolic OH excluding ortho intramolecular Hbond substituents is 1. The molecule has 0 radical (unpaired) electrons. The maximum Gasteiger partial charge on any atom is 0.120 e. The second-order valence-corrected chi connectivity index (χ2v) is 3.60. The van der Waals surface area contributed by atoms with E-state index in [4.69, 9.17) is 5.73 Å². The van der Waals surface area contributed by atoms with Crippen molar-refractivity contribution in [2.45, 2.75) is 12.8 Å². The molecule has 3 heteroatoms. The number of nitrogens with two attached hydrogens (primary N) is 1. The first-order valence-corrected chi connectivity index (χ1v) is 4.84. The molecule has 0 unspecified atom stereocenters. The van der Waals surface area contributed by atoms with Crippen LogP contribution in [0.15, 0.2) is 18.2 Å². The minimum atomic E-state index is 0.365. The molecule has 0 heterocycles. The number of rotatable bonds is 4. The molecule has 0 bridgehead atoms. The van der Waals surface area contributed by atoms with Crippen LogP contribution < -0.4 is 10.6 Å². The van der Waals surface area contributed by atoms with Crippen LogP contribution >= 0.6 is 0 Å². The third kappa shape index (κ3) is 2.64. The number of phenols is 1. The van der Waals surface area contributed by atoms with Crippen LogP contribution in [0.3, 0.4) is 0 Å².